The van der Waals surface area contributed by atoms with Gasteiger partial charge in [0.25, 0.3) is 0 Å². The third-order valence-electron chi connectivity index (χ3n) is 3.45. The van der Waals surface area contributed by atoms with Crippen molar-refractivity contribution in [1.82, 2.24) is 9.97 Å². The van der Waals surface area contributed by atoms with E-state index in [1.807, 2.05) is 0 Å². The molecule has 0 N–H and O–H groups in total. The summed E-state index contributed by atoms with van der Waals surface area (Å²) in [5.74, 6) is 1.34. The number of methoxy groups -OCH3 is 1. The van der Waals surface area contributed by atoms with E-state index in [0.29, 0.717) is 17.7 Å². The van der Waals surface area contributed by atoms with Crippen molar-refractivity contribution in [2.45, 2.75) is 39.2 Å². The summed E-state index contributed by atoms with van der Waals surface area (Å²) >= 11 is 0. The normalized spacial score (nSPS) is 26.8. The van der Waals surface area contributed by atoms with Gasteiger partial charge in [-0.2, -0.15) is 0 Å². The molecule has 2 atom stereocenters. The first kappa shape index (κ1) is 13.8. The van der Waals surface area contributed by atoms with Crippen LogP contribution in [0.2, 0.25) is 0 Å². The van der Waals surface area contributed by atoms with Crippen LogP contribution >= 0.6 is 0 Å². The average Bonchev–Trinajstić information content (AvgIpc) is 2.37. The molecule has 1 aliphatic carbocycles. The van der Waals surface area contributed by atoms with Gasteiger partial charge in [-0.05, 0) is 31.1 Å². The molecule has 0 spiro atoms. The fraction of sp³-hybridized carbons (Fsp3) is 0.643. The van der Waals surface area contributed by atoms with E-state index in [9.17, 15) is 4.79 Å². The zero-order valence-corrected chi connectivity index (χ0v) is 11.6. The van der Waals surface area contributed by atoms with Gasteiger partial charge in [0.1, 0.15) is 6.10 Å². The molecule has 1 fully saturated rings. The fourth-order valence-corrected chi connectivity index (χ4v) is 2.73. The van der Waals surface area contributed by atoms with Crippen LogP contribution in [0.3, 0.4) is 0 Å². The quantitative estimate of drug-likeness (QED) is 0.785. The number of hydrogen-bond acceptors (Lipinski definition) is 5. The molecule has 5 nitrogen and oxygen atoms in total. The van der Waals surface area contributed by atoms with E-state index in [-0.39, 0.29) is 11.8 Å². The van der Waals surface area contributed by atoms with Gasteiger partial charge in [0.05, 0.1) is 19.5 Å². The second-order valence-corrected chi connectivity index (χ2v) is 5.39. The van der Waals surface area contributed by atoms with E-state index < -0.39 is 5.97 Å². The van der Waals surface area contributed by atoms with Crippen LogP contribution in [0.4, 0.5) is 0 Å². The zero-order chi connectivity index (χ0) is 13.8. The smallest absolute Gasteiger partial charge is 0.358 e. The van der Waals surface area contributed by atoms with Crippen LogP contribution in [0.1, 0.15) is 43.6 Å². The first-order valence-corrected chi connectivity index (χ1v) is 6.65. The summed E-state index contributed by atoms with van der Waals surface area (Å²) in [6, 6.07) is 0. The summed E-state index contributed by atoms with van der Waals surface area (Å²) < 4.78 is 10.4. The molecule has 0 saturated heterocycles. The van der Waals surface area contributed by atoms with Gasteiger partial charge in [-0.1, -0.05) is 13.8 Å². The molecule has 1 aliphatic rings. The number of esters is 1. The largest absolute Gasteiger partial charge is 0.473 e. The van der Waals surface area contributed by atoms with Crippen molar-refractivity contribution in [2.75, 3.05) is 7.11 Å². The maximum atomic E-state index is 11.2. The van der Waals surface area contributed by atoms with E-state index in [1.165, 1.54) is 25.9 Å². The average molecular weight is 264 g/mol. The summed E-state index contributed by atoms with van der Waals surface area (Å²) in [7, 11) is 1.32. The molecule has 1 aromatic rings. The lowest BCUT2D eigenvalue weighted by molar-refractivity contribution is 0.0592. The minimum atomic E-state index is -0.487. The van der Waals surface area contributed by atoms with Crippen molar-refractivity contribution < 1.29 is 14.3 Å². The Morgan fingerprint density at radius 2 is 1.84 bits per heavy atom. The number of hydrogen-bond donors (Lipinski definition) is 0. The highest BCUT2D eigenvalue weighted by Gasteiger charge is 2.25. The van der Waals surface area contributed by atoms with E-state index in [2.05, 4.69) is 28.6 Å². The highest BCUT2D eigenvalue weighted by molar-refractivity contribution is 5.86. The predicted molar refractivity (Wildman–Crippen MR) is 70.0 cm³/mol. The molecule has 2 unspecified atom stereocenters. The maximum absolute atomic E-state index is 11.2. The van der Waals surface area contributed by atoms with Crippen LogP contribution in [0, 0.1) is 11.8 Å². The van der Waals surface area contributed by atoms with Crippen LogP contribution in [0.25, 0.3) is 0 Å². The molecule has 1 heterocycles. The maximum Gasteiger partial charge on any atom is 0.358 e. The molecule has 1 saturated carbocycles. The lowest BCUT2D eigenvalue weighted by atomic mass is 9.82. The summed E-state index contributed by atoms with van der Waals surface area (Å²) in [5, 5.41) is 0. The van der Waals surface area contributed by atoms with E-state index in [4.69, 9.17) is 4.74 Å². The Labute approximate surface area is 113 Å². The first-order valence-electron chi connectivity index (χ1n) is 6.65. The van der Waals surface area contributed by atoms with Gasteiger partial charge in [-0.3, -0.25) is 0 Å². The molecule has 0 aliphatic heterocycles. The van der Waals surface area contributed by atoms with Crippen molar-refractivity contribution >= 4 is 5.97 Å². The third kappa shape index (κ3) is 3.66. The van der Waals surface area contributed by atoms with Crippen molar-refractivity contribution in [3.8, 4) is 5.88 Å². The number of carbonyl (C=O) groups is 1. The Bertz CT molecular complexity index is 423. The Morgan fingerprint density at radius 3 is 2.37 bits per heavy atom. The lowest BCUT2D eigenvalue weighted by Gasteiger charge is -2.31. The van der Waals surface area contributed by atoms with Gasteiger partial charge in [0, 0.05) is 0 Å². The second-order valence-electron chi connectivity index (χ2n) is 5.39. The molecule has 1 aromatic heterocycles. The summed E-state index contributed by atoms with van der Waals surface area (Å²) in [6.45, 7) is 4.50. The third-order valence-corrected chi connectivity index (χ3v) is 3.45. The molecular weight excluding hydrogens is 244 g/mol. The number of carbonyl (C=O) groups excluding carboxylic acids is 1. The van der Waals surface area contributed by atoms with Crippen LogP contribution in [0.15, 0.2) is 12.4 Å². The molecule has 0 amide bonds. The number of rotatable bonds is 3. The second kappa shape index (κ2) is 5.99. The zero-order valence-electron chi connectivity index (χ0n) is 11.6. The highest BCUT2D eigenvalue weighted by Crippen LogP contribution is 2.30. The van der Waals surface area contributed by atoms with Gasteiger partial charge < -0.3 is 9.47 Å². The van der Waals surface area contributed by atoms with Crippen molar-refractivity contribution in [1.29, 1.82) is 0 Å². The van der Waals surface area contributed by atoms with E-state index in [0.717, 1.165) is 12.8 Å². The number of ether oxygens (including phenoxy) is 2. The molecule has 5 heteroatoms. The SMILES string of the molecule is COC(=O)c1cnc(OC2CC(C)CC(C)C2)cn1. The monoisotopic (exact) mass is 264 g/mol. The predicted octanol–water partition coefficient (Wildman–Crippen LogP) is 2.47. The molecule has 0 aromatic carbocycles. The van der Waals surface area contributed by atoms with Crippen molar-refractivity contribution in [3.05, 3.63) is 18.1 Å². The minimum Gasteiger partial charge on any atom is -0.473 e. The minimum absolute atomic E-state index is 0.192. The van der Waals surface area contributed by atoms with Crippen molar-refractivity contribution in [2.24, 2.45) is 11.8 Å². The van der Waals surface area contributed by atoms with Gasteiger partial charge in [-0.15, -0.1) is 0 Å². The van der Waals surface area contributed by atoms with Gasteiger partial charge in [0.15, 0.2) is 5.69 Å². The summed E-state index contributed by atoms with van der Waals surface area (Å²) in [4.78, 5) is 19.3. The van der Waals surface area contributed by atoms with Gasteiger partial charge in [0.2, 0.25) is 5.88 Å². The van der Waals surface area contributed by atoms with Crippen molar-refractivity contribution in [3.63, 3.8) is 0 Å². The molecule has 0 radical (unpaired) electrons. The van der Waals surface area contributed by atoms with E-state index in [1.54, 1.807) is 0 Å². The van der Waals surface area contributed by atoms with Crippen LogP contribution in [-0.4, -0.2) is 29.2 Å². The Hall–Kier alpha value is -1.65. The van der Waals surface area contributed by atoms with E-state index >= 15 is 0 Å². The van der Waals surface area contributed by atoms with Crippen LogP contribution in [0.5, 0.6) is 5.88 Å². The Morgan fingerprint density at radius 1 is 1.16 bits per heavy atom. The summed E-state index contributed by atoms with van der Waals surface area (Å²) in [6.07, 6.45) is 6.41. The Balaban J connectivity index is 1.97. The number of aromatic nitrogens is 2. The number of nitrogens with zero attached hydrogens (tertiary/aromatic N) is 2. The molecular formula is C14H20N2O3. The topological polar surface area (TPSA) is 61.3 Å². The fourth-order valence-electron chi connectivity index (χ4n) is 2.73. The Kier molecular flexibility index (Phi) is 4.35. The molecule has 19 heavy (non-hydrogen) atoms. The van der Waals surface area contributed by atoms with Crippen LogP contribution in [-0.2, 0) is 4.74 Å². The highest BCUT2D eigenvalue weighted by atomic mass is 16.5. The molecule has 0 bridgehead atoms. The van der Waals surface area contributed by atoms with Crippen LogP contribution < -0.4 is 4.74 Å². The first-order chi connectivity index (χ1) is 9.08. The van der Waals surface area contributed by atoms with Gasteiger partial charge in [-0.25, -0.2) is 14.8 Å². The summed E-state index contributed by atoms with van der Waals surface area (Å²) in [5.41, 5.74) is 0.195. The lowest BCUT2D eigenvalue weighted by Crippen LogP contribution is -2.28. The molecule has 104 valence electrons. The standard InChI is InChI=1S/C14H20N2O3/c1-9-4-10(2)6-11(5-9)19-13-8-15-12(7-16-13)14(17)18-3/h7-11H,4-6H2,1-3H3. The molecule has 2 rings (SSSR count). The van der Waals surface area contributed by atoms with Gasteiger partial charge >= 0.3 is 5.97 Å².